The van der Waals surface area contributed by atoms with Gasteiger partial charge in [-0.3, -0.25) is 4.68 Å². The maximum absolute atomic E-state index is 6.14. The van der Waals surface area contributed by atoms with E-state index in [2.05, 4.69) is 27.0 Å². The summed E-state index contributed by atoms with van der Waals surface area (Å²) in [4.78, 5) is 0. The molecule has 3 aliphatic rings. The molecule has 2 unspecified atom stereocenters. The molecule has 1 saturated heterocycles. The van der Waals surface area contributed by atoms with Gasteiger partial charge in [0.1, 0.15) is 0 Å². The first-order chi connectivity index (χ1) is 9.89. The predicted molar refractivity (Wildman–Crippen MR) is 80.0 cm³/mol. The second-order valence-corrected chi connectivity index (χ2v) is 7.86. The van der Waals surface area contributed by atoms with Crippen LogP contribution in [0.2, 0.25) is 0 Å². The molecule has 0 N–H and O–H groups in total. The fourth-order valence-electron chi connectivity index (χ4n) is 5.42. The molecular weight excluding hydrogens is 264 g/mol. The molecule has 1 aliphatic heterocycles. The molecule has 2 aliphatic carbocycles. The zero-order chi connectivity index (χ0) is 14.9. The molecule has 0 bridgehead atoms. The predicted octanol–water partition coefficient (Wildman–Crippen LogP) is 2.80. The second-order valence-electron chi connectivity index (χ2n) is 7.86. The molecule has 0 radical (unpaired) electrons. The van der Waals surface area contributed by atoms with Crippen LogP contribution in [0, 0.1) is 11.3 Å². The summed E-state index contributed by atoms with van der Waals surface area (Å²) in [5.41, 5.74) is 2.93. The van der Waals surface area contributed by atoms with Gasteiger partial charge in [-0.25, -0.2) is 0 Å². The lowest BCUT2D eigenvalue weighted by Crippen LogP contribution is -2.61. The van der Waals surface area contributed by atoms with Gasteiger partial charge < -0.3 is 9.47 Å². The molecule has 0 amide bonds. The monoisotopic (exact) mass is 290 g/mol. The van der Waals surface area contributed by atoms with E-state index >= 15 is 0 Å². The van der Waals surface area contributed by atoms with E-state index in [1.165, 1.54) is 17.7 Å². The summed E-state index contributed by atoms with van der Waals surface area (Å²) in [5.74, 6) is 0.183. The van der Waals surface area contributed by atoms with E-state index in [4.69, 9.17) is 14.6 Å². The zero-order valence-electron chi connectivity index (χ0n) is 13.6. The number of ether oxygens (including phenoxy) is 2. The fraction of sp³-hybridized carbons (Fsp3) is 0.824. The van der Waals surface area contributed by atoms with Crippen molar-refractivity contribution in [2.75, 3.05) is 13.2 Å². The van der Waals surface area contributed by atoms with Crippen LogP contribution in [0.25, 0.3) is 0 Å². The topological polar surface area (TPSA) is 36.3 Å². The van der Waals surface area contributed by atoms with E-state index in [1.54, 1.807) is 0 Å². The summed E-state index contributed by atoms with van der Waals surface area (Å²) >= 11 is 0. The first kappa shape index (κ1) is 13.8. The van der Waals surface area contributed by atoms with Crippen LogP contribution in [0.1, 0.15) is 51.3 Å². The van der Waals surface area contributed by atoms with Crippen molar-refractivity contribution in [2.45, 2.75) is 57.7 Å². The van der Waals surface area contributed by atoms with E-state index in [0.717, 1.165) is 32.5 Å². The van der Waals surface area contributed by atoms with Crippen molar-refractivity contribution < 1.29 is 9.47 Å². The molecule has 21 heavy (non-hydrogen) atoms. The molecule has 1 spiro atoms. The van der Waals surface area contributed by atoms with Gasteiger partial charge >= 0.3 is 0 Å². The maximum Gasteiger partial charge on any atom is 0.173 e. The molecule has 2 fully saturated rings. The number of aryl methyl sites for hydroxylation is 2. The zero-order valence-corrected chi connectivity index (χ0v) is 13.6. The summed E-state index contributed by atoms with van der Waals surface area (Å²) in [7, 11) is 2.04. The van der Waals surface area contributed by atoms with Gasteiger partial charge in [0.2, 0.25) is 0 Å². The summed E-state index contributed by atoms with van der Waals surface area (Å²) in [5, 5.41) is 4.82. The van der Waals surface area contributed by atoms with Crippen LogP contribution < -0.4 is 0 Å². The molecule has 4 rings (SSSR count). The molecule has 0 aromatic carbocycles. The van der Waals surface area contributed by atoms with Gasteiger partial charge in [0.05, 0.1) is 18.9 Å². The number of hydrogen-bond donors (Lipinski definition) is 0. The lowest BCUT2D eigenvalue weighted by atomic mass is 9.49. The van der Waals surface area contributed by atoms with Gasteiger partial charge in [-0.15, -0.1) is 0 Å². The Labute approximate surface area is 126 Å². The van der Waals surface area contributed by atoms with Crippen molar-refractivity contribution >= 4 is 0 Å². The van der Waals surface area contributed by atoms with E-state index in [0.29, 0.717) is 5.92 Å². The van der Waals surface area contributed by atoms with Gasteiger partial charge in [0, 0.05) is 30.5 Å². The minimum Gasteiger partial charge on any atom is -0.347 e. The molecule has 116 valence electrons. The number of hydrogen-bond acceptors (Lipinski definition) is 3. The SMILES string of the molecule is Cn1cc2c(n1)C1(C)CCC3(OCCO3)C(C)(C)C1CC2. The largest absolute Gasteiger partial charge is 0.347 e. The highest BCUT2D eigenvalue weighted by Gasteiger charge is 2.63. The highest BCUT2D eigenvalue weighted by molar-refractivity contribution is 5.33. The molecule has 1 aromatic heterocycles. The third-order valence-corrected chi connectivity index (χ3v) is 6.50. The van der Waals surface area contributed by atoms with Crippen LogP contribution in [-0.2, 0) is 28.4 Å². The van der Waals surface area contributed by atoms with Crippen LogP contribution in [0.3, 0.4) is 0 Å². The lowest BCUT2D eigenvalue weighted by Gasteiger charge is -2.59. The first-order valence-corrected chi connectivity index (χ1v) is 8.20. The van der Waals surface area contributed by atoms with Gasteiger partial charge in [-0.2, -0.15) is 5.10 Å². The third-order valence-electron chi connectivity index (χ3n) is 6.50. The smallest absolute Gasteiger partial charge is 0.173 e. The van der Waals surface area contributed by atoms with Crippen LogP contribution in [0.15, 0.2) is 6.20 Å². The Kier molecular flexibility index (Phi) is 2.69. The van der Waals surface area contributed by atoms with Crippen molar-refractivity contribution in [1.29, 1.82) is 0 Å². The van der Waals surface area contributed by atoms with E-state index in [9.17, 15) is 0 Å². The van der Waals surface area contributed by atoms with Gasteiger partial charge in [0.25, 0.3) is 0 Å². The normalized spacial score (nSPS) is 36.5. The van der Waals surface area contributed by atoms with Crippen LogP contribution in [0.5, 0.6) is 0 Å². The second kappa shape index (κ2) is 4.11. The molecular formula is C17H26N2O2. The Morgan fingerprint density at radius 2 is 1.90 bits per heavy atom. The van der Waals surface area contributed by atoms with Gasteiger partial charge in [-0.05, 0) is 30.7 Å². The summed E-state index contributed by atoms with van der Waals surface area (Å²) in [6.45, 7) is 8.57. The molecule has 1 saturated carbocycles. The molecule has 4 heteroatoms. The van der Waals surface area contributed by atoms with Crippen LogP contribution >= 0.6 is 0 Å². The molecule has 1 aromatic rings. The molecule has 2 heterocycles. The van der Waals surface area contributed by atoms with E-state index < -0.39 is 0 Å². The number of nitrogens with zero attached hydrogens (tertiary/aromatic N) is 2. The minimum atomic E-state index is -0.372. The van der Waals surface area contributed by atoms with E-state index in [1.807, 2.05) is 11.7 Å². The highest BCUT2D eigenvalue weighted by atomic mass is 16.7. The average molecular weight is 290 g/mol. The van der Waals surface area contributed by atoms with Crippen LogP contribution in [0.4, 0.5) is 0 Å². The Morgan fingerprint density at radius 3 is 2.62 bits per heavy atom. The summed E-state index contributed by atoms with van der Waals surface area (Å²) < 4.78 is 14.3. The van der Waals surface area contributed by atoms with Crippen molar-refractivity contribution in [1.82, 2.24) is 9.78 Å². The Morgan fingerprint density at radius 1 is 1.19 bits per heavy atom. The number of aromatic nitrogens is 2. The van der Waals surface area contributed by atoms with Crippen molar-refractivity contribution in [3.8, 4) is 0 Å². The molecule has 4 nitrogen and oxygen atoms in total. The van der Waals surface area contributed by atoms with Gasteiger partial charge in [-0.1, -0.05) is 20.8 Å². The minimum absolute atomic E-state index is 0.0196. The maximum atomic E-state index is 6.14. The van der Waals surface area contributed by atoms with E-state index in [-0.39, 0.29) is 16.6 Å². The number of fused-ring (bicyclic) bond motifs is 3. The van der Waals surface area contributed by atoms with Crippen LogP contribution in [-0.4, -0.2) is 28.8 Å². The average Bonchev–Trinajstić information content (AvgIpc) is 3.03. The Hall–Kier alpha value is -0.870. The number of rotatable bonds is 0. The Balaban J connectivity index is 1.80. The summed E-state index contributed by atoms with van der Waals surface area (Å²) in [6, 6.07) is 0. The highest BCUT2D eigenvalue weighted by Crippen LogP contribution is 2.62. The molecule has 2 atom stereocenters. The van der Waals surface area contributed by atoms with Crippen molar-refractivity contribution in [2.24, 2.45) is 18.4 Å². The third kappa shape index (κ3) is 1.61. The van der Waals surface area contributed by atoms with Crippen molar-refractivity contribution in [3.63, 3.8) is 0 Å². The fourth-order valence-corrected chi connectivity index (χ4v) is 5.42. The first-order valence-electron chi connectivity index (χ1n) is 8.20. The quantitative estimate of drug-likeness (QED) is 0.737. The van der Waals surface area contributed by atoms with Gasteiger partial charge in [0.15, 0.2) is 5.79 Å². The standard InChI is InChI=1S/C17H26N2O2/c1-15(2)13-6-5-12-11-19(4)18-14(12)16(13,3)7-8-17(15)20-9-10-21-17/h11,13H,5-10H2,1-4H3. The summed E-state index contributed by atoms with van der Waals surface area (Å²) in [6.07, 6.45) is 6.62. The Bertz CT molecular complexity index is 571. The van der Waals surface area contributed by atoms with Crippen molar-refractivity contribution in [3.05, 3.63) is 17.5 Å². The lowest BCUT2D eigenvalue weighted by molar-refractivity contribution is -0.276.